The van der Waals surface area contributed by atoms with Gasteiger partial charge in [-0.25, -0.2) is 4.79 Å². The number of hydrogen-bond acceptors (Lipinski definition) is 7. The third kappa shape index (κ3) is 1.90. The van der Waals surface area contributed by atoms with Gasteiger partial charge < -0.3 is 10.1 Å². The van der Waals surface area contributed by atoms with Crippen LogP contribution in [0.25, 0.3) is 5.65 Å². The van der Waals surface area contributed by atoms with Crippen molar-refractivity contribution in [2.24, 2.45) is 0 Å². The van der Waals surface area contributed by atoms with Gasteiger partial charge in [0.1, 0.15) is 11.9 Å². The molecule has 0 saturated heterocycles. The van der Waals surface area contributed by atoms with E-state index in [-0.39, 0.29) is 5.97 Å². The van der Waals surface area contributed by atoms with Crippen LogP contribution in [-0.2, 0) is 9.53 Å². The monoisotopic (exact) mass is 222 g/mol. The lowest BCUT2D eigenvalue weighted by molar-refractivity contribution is -0.141. The molecule has 84 valence electrons. The number of rotatable bonds is 3. The van der Waals surface area contributed by atoms with Crippen LogP contribution in [-0.4, -0.2) is 44.4 Å². The second kappa shape index (κ2) is 4.09. The molecule has 2 rings (SSSR count). The van der Waals surface area contributed by atoms with E-state index >= 15 is 0 Å². The molecule has 0 aliphatic rings. The summed E-state index contributed by atoms with van der Waals surface area (Å²) in [7, 11) is 1.33. The van der Waals surface area contributed by atoms with Crippen molar-refractivity contribution < 1.29 is 9.53 Å². The van der Waals surface area contributed by atoms with E-state index in [0.717, 1.165) is 0 Å². The van der Waals surface area contributed by atoms with E-state index in [9.17, 15) is 4.79 Å². The predicted octanol–water partition coefficient (Wildman–Crippen LogP) is -0.507. The van der Waals surface area contributed by atoms with Crippen LogP contribution < -0.4 is 5.32 Å². The third-order valence-corrected chi connectivity index (χ3v) is 1.99. The summed E-state index contributed by atoms with van der Waals surface area (Å²) in [5, 5.41) is 17.7. The van der Waals surface area contributed by atoms with Crippen molar-refractivity contribution in [2.45, 2.75) is 13.0 Å². The van der Waals surface area contributed by atoms with Crippen LogP contribution in [0.15, 0.2) is 12.1 Å². The molecule has 1 unspecified atom stereocenters. The number of fused-ring (bicyclic) bond motifs is 1. The van der Waals surface area contributed by atoms with Gasteiger partial charge in [0.2, 0.25) is 0 Å². The first-order valence-electron chi connectivity index (χ1n) is 4.60. The maximum atomic E-state index is 11.2. The number of anilines is 1. The Kier molecular flexibility index (Phi) is 2.63. The van der Waals surface area contributed by atoms with E-state index < -0.39 is 6.04 Å². The minimum Gasteiger partial charge on any atom is -0.467 e. The molecular formula is C8H10N6O2. The smallest absolute Gasteiger partial charge is 0.328 e. The zero-order valence-corrected chi connectivity index (χ0v) is 8.78. The van der Waals surface area contributed by atoms with Gasteiger partial charge in [-0.15, -0.1) is 14.8 Å². The van der Waals surface area contributed by atoms with Gasteiger partial charge in [0.05, 0.1) is 7.11 Å². The SMILES string of the molecule is COC(=O)C(C)Nc1ccc2nnnn2n1. The zero-order chi connectivity index (χ0) is 11.5. The van der Waals surface area contributed by atoms with Gasteiger partial charge in [-0.1, -0.05) is 0 Å². The Morgan fingerprint density at radius 1 is 1.56 bits per heavy atom. The quantitative estimate of drug-likeness (QED) is 0.699. The number of carbonyl (C=O) groups excluding carboxylic acids is 1. The number of carbonyl (C=O) groups is 1. The van der Waals surface area contributed by atoms with Crippen molar-refractivity contribution in [3.8, 4) is 0 Å². The minimum absolute atomic E-state index is 0.362. The average molecular weight is 222 g/mol. The summed E-state index contributed by atoms with van der Waals surface area (Å²) in [5.74, 6) is 0.135. The lowest BCUT2D eigenvalue weighted by atomic mass is 10.3. The largest absolute Gasteiger partial charge is 0.467 e. The summed E-state index contributed by atoms with van der Waals surface area (Å²) in [4.78, 5) is 11.2. The van der Waals surface area contributed by atoms with E-state index in [0.29, 0.717) is 11.5 Å². The van der Waals surface area contributed by atoms with Crippen LogP contribution in [0.3, 0.4) is 0 Å². The Balaban J connectivity index is 2.17. The molecule has 2 heterocycles. The van der Waals surface area contributed by atoms with Gasteiger partial charge in [-0.2, -0.15) is 0 Å². The van der Waals surface area contributed by atoms with Gasteiger partial charge in [-0.3, -0.25) is 0 Å². The number of methoxy groups -OCH3 is 1. The topological polar surface area (TPSA) is 94.3 Å². The Bertz CT molecular complexity index is 510. The van der Waals surface area contributed by atoms with Crippen LogP contribution in [0.2, 0.25) is 0 Å². The van der Waals surface area contributed by atoms with E-state index in [2.05, 4.69) is 30.7 Å². The molecule has 1 atom stereocenters. The number of nitrogens with zero attached hydrogens (tertiary/aromatic N) is 5. The first-order chi connectivity index (χ1) is 7.70. The van der Waals surface area contributed by atoms with Crippen molar-refractivity contribution >= 4 is 17.4 Å². The van der Waals surface area contributed by atoms with Crippen LogP contribution in [0.5, 0.6) is 0 Å². The molecule has 0 aliphatic carbocycles. The average Bonchev–Trinajstić information content (AvgIpc) is 2.75. The molecule has 16 heavy (non-hydrogen) atoms. The molecule has 0 fully saturated rings. The third-order valence-electron chi connectivity index (χ3n) is 1.99. The molecule has 0 aromatic carbocycles. The minimum atomic E-state index is -0.480. The molecule has 0 saturated carbocycles. The molecule has 2 aromatic heterocycles. The standard InChI is InChI=1S/C8H10N6O2/c1-5(8(15)16-2)9-6-3-4-7-10-12-13-14(7)11-6/h3-5H,1-2H3,(H,9,11). The number of aromatic nitrogens is 5. The van der Waals surface area contributed by atoms with Gasteiger partial charge in [0.15, 0.2) is 5.65 Å². The van der Waals surface area contributed by atoms with Crippen molar-refractivity contribution in [2.75, 3.05) is 12.4 Å². The summed E-state index contributed by atoms with van der Waals surface area (Å²) in [6.45, 7) is 1.68. The number of tetrazole rings is 1. The van der Waals surface area contributed by atoms with Crippen molar-refractivity contribution in [1.82, 2.24) is 25.3 Å². The van der Waals surface area contributed by atoms with Gasteiger partial charge in [0, 0.05) is 0 Å². The molecule has 0 spiro atoms. The fourth-order valence-corrected chi connectivity index (χ4v) is 1.18. The van der Waals surface area contributed by atoms with E-state index in [1.54, 1.807) is 19.1 Å². The number of hydrogen-bond donors (Lipinski definition) is 1. The van der Waals surface area contributed by atoms with Crippen LogP contribution in [0.1, 0.15) is 6.92 Å². The fourth-order valence-electron chi connectivity index (χ4n) is 1.18. The highest BCUT2D eigenvalue weighted by Gasteiger charge is 2.13. The Labute approximate surface area is 90.6 Å². The van der Waals surface area contributed by atoms with Crippen LogP contribution >= 0.6 is 0 Å². The van der Waals surface area contributed by atoms with Gasteiger partial charge >= 0.3 is 5.97 Å². The van der Waals surface area contributed by atoms with E-state index in [4.69, 9.17) is 0 Å². The Morgan fingerprint density at radius 2 is 2.38 bits per heavy atom. The molecule has 0 radical (unpaired) electrons. The first kappa shape index (κ1) is 10.3. The summed E-state index contributed by atoms with van der Waals surface area (Å²) in [5.41, 5.74) is 0.538. The van der Waals surface area contributed by atoms with Crippen LogP contribution in [0.4, 0.5) is 5.82 Å². The second-order valence-electron chi connectivity index (χ2n) is 3.13. The predicted molar refractivity (Wildman–Crippen MR) is 53.7 cm³/mol. The molecule has 2 aromatic rings. The fraction of sp³-hybridized carbons (Fsp3) is 0.375. The molecule has 8 nitrogen and oxygen atoms in total. The molecule has 0 aliphatic heterocycles. The summed E-state index contributed by atoms with van der Waals surface area (Å²) in [6.07, 6.45) is 0. The maximum Gasteiger partial charge on any atom is 0.328 e. The lowest BCUT2D eigenvalue weighted by Crippen LogP contribution is -2.27. The molecule has 0 bridgehead atoms. The van der Waals surface area contributed by atoms with E-state index in [1.807, 2.05) is 0 Å². The normalized spacial score (nSPS) is 12.4. The summed E-state index contributed by atoms with van der Waals surface area (Å²) in [6, 6.07) is 2.90. The highest BCUT2D eigenvalue weighted by Crippen LogP contribution is 2.05. The Morgan fingerprint density at radius 3 is 3.12 bits per heavy atom. The zero-order valence-electron chi connectivity index (χ0n) is 8.78. The van der Waals surface area contributed by atoms with Gasteiger partial charge in [-0.05, 0) is 29.5 Å². The number of nitrogens with one attached hydrogen (secondary N) is 1. The first-order valence-corrected chi connectivity index (χ1v) is 4.60. The number of esters is 1. The Hall–Kier alpha value is -2.25. The molecule has 8 heteroatoms. The van der Waals surface area contributed by atoms with E-state index in [1.165, 1.54) is 11.7 Å². The summed E-state index contributed by atoms with van der Waals surface area (Å²) < 4.78 is 5.85. The molecule has 1 N–H and O–H groups in total. The lowest BCUT2D eigenvalue weighted by Gasteiger charge is -2.11. The highest BCUT2D eigenvalue weighted by atomic mass is 16.5. The van der Waals surface area contributed by atoms with Crippen molar-refractivity contribution in [3.63, 3.8) is 0 Å². The van der Waals surface area contributed by atoms with Crippen molar-refractivity contribution in [1.29, 1.82) is 0 Å². The van der Waals surface area contributed by atoms with Gasteiger partial charge in [0.25, 0.3) is 0 Å². The molecule has 0 amide bonds. The second-order valence-corrected chi connectivity index (χ2v) is 3.13. The summed E-state index contributed by atoms with van der Waals surface area (Å²) >= 11 is 0. The molecular weight excluding hydrogens is 212 g/mol. The van der Waals surface area contributed by atoms with Crippen molar-refractivity contribution in [3.05, 3.63) is 12.1 Å². The highest BCUT2D eigenvalue weighted by molar-refractivity contribution is 5.78. The van der Waals surface area contributed by atoms with Crippen LogP contribution in [0, 0.1) is 0 Å². The number of ether oxygens (including phenoxy) is 1. The maximum absolute atomic E-state index is 11.2.